The number of rotatable bonds is 5. The Hall–Kier alpha value is -1.44. The molecule has 0 radical (unpaired) electrons. The highest BCUT2D eigenvalue weighted by Gasteiger charge is 2.15. The van der Waals surface area contributed by atoms with Crippen LogP contribution in [0.5, 0.6) is 0 Å². The molecule has 0 bridgehead atoms. The maximum absolute atomic E-state index is 13.1. The van der Waals surface area contributed by atoms with Gasteiger partial charge in [-0.05, 0) is 31.5 Å². The molecule has 1 aromatic rings. The molecule has 4 heteroatoms. The lowest BCUT2D eigenvalue weighted by Crippen LogP contribution is -2.36. The van der Waals surface area contributed by atoms with Crippen LogP contribution in [0.1, 0.15) is 25.0 Å². The minimum atomic E-state index is -0.478. The monoisotopic (exact) mass is 236 g/mol. The minimum Gasteiger partial charge on any atom is -0.377 e. The van der Waals surface area contributed by atoms with E-state index in [1.54, 1.807) is 19.2 Å². The molecule has 0 aliphatic rings. The Morgan fingerprint density at radius 2 is 2.18 bits per heavy atom. The molecule has 0 saturated carbocycles. The van der Waals surface area contributed by atoms with Gasteiger partial charge >= 0.3 is 0 Å². The molecule has 0 heterocycles. The molecule has 0 unspecified atom stereocenters. The normalized spacial score (nSPS) is 11.2. The van der Waals surface area contributed by atoms with E-state index >= 15 is 0 Å². The molecule has 3 nitrogen and oxygen atoms in total. The van der Waals surface area contributed by atoms with Gasteiger partial charge in [-0.15, -0.1) is 0 Å². The molecule has 0 amide bonds. The fourth-order valence-electron chi connectivity index (χ4n) is 1.35. The Bertz CT molecular complexity index is 424. The molecule has 17 heavy (non-hydrogen) atoms. The Balaban J connectivity index is 2.56. The van der Waals surface area contributed by atoms with Crippen LogP contribution in [0.15, 0.2) is 18.2 Å². The second-order valence-corrected chi connectivity index (χ2v) is 4.49. The quantitative estimate of drug-likeness (QED) is 0.852. The topological polar surface area (TPSA) is 45.0 Å². The molecular weight excluding hydrogens is 219 g/mol. The molecule has 1 rings (SSSR count). The average Bonchev–Trinajstić information content (AvgIpc) is 2.31. The first-order valence-corrected chi connectivity index (χ1v) is 5.43. The molecule has 0 saturated heterocycles. The van der Waals surface area contributed by atoms with Crippen LogP contribution < -0.4 is 5.32 Å². The Kier molecular flexibility index (Phi) is 4.62. The van der Waals surface area contributed by atoms with Gasteiger partial charge in [-0.3, -0.25) is 0 Å². The first kappa shape index (κ1) is 13.6. The zero-order chi connectivity index (χ0) is 12.9. The summed E-state index contributed by atoms with van der Waals surface area (Å²) in [4.78, 5) is 0. The van der Waals surface area contributed by atoms with Crippen LogP contribution in [-0.4, -0.2) is 19.3 Å². The van der Waals surface area contributed by atoms with Crippen LogP contribution in [-0.2, 0) is 11.3 Å². The zero-order valence-corrected chi connectivity index (χ0v) is 10.4. The van der Waals surface area contributed by atoms with Crippen LogP contribution in [0.4, 0.5) is 4.39 Å². The van der Waals surface area contributed by atoms with E-state index in [1.807, 2.05) is 19.9 Å². The van der Waals surface area contributed by atoms with Gasteiger partial charge in [0.05, 0.1) is 11.2 Å². The minimum absolute atomic E-state index is 0.0790. The van der Waals surface area contributed by atoms with Crippen molar-refractivity contribution in [3.05, 3.63) is 35.1 Å². The lowest BCUT2D eigenvalue weighted by atomic mass is 10.1. The van der Waals surface area contributed by atoms with E-state index in [-0.39, 0.29) is 11.2 Å². The van der Waals surface area contributed by atoms with Crippen LogP contribution in [0.2, 0.25) is 0 Å². The third-order valence-corrected chi connectivity index (χ3v) is 2.58. The van der Waals surface area contributed by atoms with Gasteiger partial charge in [-0.25, -0.2) is 4.39 Å². The van der Waals surface area contributed by atoms with Crippen LogP contribution in [0.25, 0.3) is 0 Å². The fourth-order valence-corrected chi connectivity index (χ4v) is 1.35. The van der Waals surface area contributed by atoms with E-state index in [0.29, 0.717) is 13.1 Å². The van der Waals surface area contributed by atoms with Gasteiger partial charge in [0.2, 0.25) is 0 Å². The molecule has 1 N–H and O–H groups in total. The van der Waals surface area contributed by atoms with E-state index in [1.165, 1.54) is 6.07 Å². The summed E-state index contributed by atoms with van der Waals surface area (Å²) in [5.41, 5.74) is 0.725. The van der Waals surface area contributed by atoms with Gasteiger partial charge in [0.25, 0.3) is 0 Å². The van der Waals surface area contributed by atoms with Gasteiger partial charge in [-0.1, -0.05) is 6.07 Å². The van der Waals surface area contributed by atoms with Crippen molar-refractivity contribution in [3.63, 3.8) is 0 Å². The molecule has 0 aliphatic carbocycles. The molecule has 0 atom stereocenters. The number of benzene rings is 1. The van der Waals surface area contributed by atoms with E-state index in [9.17, 15) is 4.39 Å². The highest BCUT2D eigenvalue weighted by atomic mass is 19.1. The lowest BCUT2D eigenvalue weighted by molar-refractivity contribution is 0.0230. The predicted octanol–water partition coefficient (Wildman–Crippen LogP) is 2.21. The highest BCUT2D eigenvalue weighted by Crippen LogP contribution is 2.10. The number of nitrogens with one attached hydrogen (secondary N) is 1. The summed E-state index contributed by atoms with van der Waals surface area (Å²) >= 11 is 0. The highest BCUT2D eigenvalue weighted by molar-refractivity contribution is 5.34. The van der Waals surface area contributed by atoms with Crippen molar-refractivity contribution in [1.29, 1.82) is 5.26 Å². The summed E-state index contributed by atoms with van der Waals surface area (Å²) in [6, 6.07) is 6.37. The molecule has 0 aromatic heterocycles. The molecule has 0 fully saturated rings. The summed E-state index contributed by atoms with van der Waals surface area (Å²) in [5, 5.41) is 11.9. The van der Waals surface area contributed by atoms with E-state index in [2.05, 4.69) is 5.32 Å². The number of halogens is 1. The number of hydrogen-bond acceptors (Lipinski definition) is 3. The number of methoxy groups -OCH3 is 1. The van der Waals surface area contributed by atoms with Crippen molar-refractivity contribution < 1.29 is 9.13 Å². The van der Waals surface area contributed by atoms with Crippen molar-refractivity contribution in [1.82, 2.24) is 5.32 Å². The molecule has 92 valence electrons. The summed E-state index contributed by atoms with van der Waals surface area (Å²) in [7, 11) is 1.66. The smallest absolute Gasteiger partial charge is 0.140 e. The summed E-state index contributed by atoms with van der Waals surface area (Å²) < 4.78 is 18.3. The number of ether oxygens (including phenoxy) is 1. The molecule has 0 spiro atoms. The van der Waals surface area contributed by atoms with Crippen LogP contribution in [0, 0.1) is 17.1 Å². The third kappa shape index (κ3) is 4.14. The maximum atomic E-state index is 13.1. The van der Waals surface area contributed by atoms with Crippen molar-refractivity contribution in [2.45, 2.75) is 26.0 Å². The lowest BCUT2D eigenvalue weighted by Gasteiger charge is -2.23. The Morgan fingerprint density at radius 3 is 2.76 bits per heavy atom. The van der Waals surface area contributed by atoms with Gasteiger partial charge in [0.15, 0.2) is 0 Å². The number of nitrogens with zero attached hydrogens (tertiary/aromatic N) is 1. The van der Waals surface area contributed by atoms with E-state index < -0.39 is 5.82 Å². The standard InChI is InChI=1S/C13H17FN2O/c1-13(2,17-3)9-16-8-10-4-5-12(14)11(6-10)7-15/h4-6,16H,8-9H2,1-3H3. The maximum Gasteiger partial charge on any atom is 0.140 e. The van der Waals surface area contributed by atoms with Crippen molar-refractivity contribution >= 4 is 0 Å². The summed E-state index contributed by atoms with van der Waals surface area (Å²) in [6.07, 6.45) is 0. The second kappa shape index (κ2) is 5.76. The summed E-state index contributed by atoms with van der Waals surface area (Å²) in [5.74, 6) is -0.478. The van der Waals surface area contributed by atoms with Gasteiger partial charge in [0.1, 0.15) is 11.9 Å². The molecular formula is C13H17FN2O. The van der Waals surface area contributed by atoms with Crippen LogP contribution in [0.3, 0.4) is 0 Å². The summed E-state index contributed by atoms with van der Waals surface area (Å²) in [6.45, 7) is 5.22. The van der Waals surface area contributed by atoms with E-state index in [4.69, 9.17) is 10.00 Å². The number of nitriles is 1. The fraction of sp³-hybridized carbons (Fsp3) is 0.462. The first-order valence-electron chi connectivity index (χ1n) is 5.43. The van der Waals surface area contributed by atoms with Gasteiger partial charge in [0, 0.05) is 20.2 Å². The predicted molar refractivity (Wildman–Crippen MR) is 63.9 cm³/mol. The zero-order valence-electron chi connectivity index (χ0n) is 10.4. The molecule has 0 aliphatic heterocycles. The van der Waals surface area contributed by atoms with Crippen LogP contribution >= 0.6 is 0 Å². The second-order valence-electron chi connectivity index (χ2n) is 4.49. The van der Waals surface area contributed by atoms with Crippen molar-refractivity contribution in [2.75, 3.05) is 13.7 Å². The molecule has 1 aromatic carbocycles. The first-order chi connectivity index (χ1) is 7.98. The number of hydrogen-bond donors (Lipinski definition) is 1. The Morgan fingerprint density at radius 1 is 1.47 bits per heavy atom. The SMILES string of the molecule is COC(C)(C)CNCc1ccc(F)c(C#N)c1. The van der Waals surface area contributed by atoms with Gasteiger partial charge < -0.3 is 10.1 Å². The largest absolute Gasteiger partial charge is 0.377 e. The average molecular weight is 236 g/mol. The van der Waals surface area contributed by atoms with Crippen molar-refractivity contribution in [2.24, 2.45) is 0 Å². The van der Waals surface area contributed by atoms with Crippen molar-refractivity contribution in [3.8, 4) is 6.07 Å². The Labute approximate surface area is 101 Å². The third-order valence-electron chi connectivity index (χ3n) is 2.58. The van der Waals surface area contributed by atoms with E-state index in [0.717, 1.165) is 5.56 Å². The van der Waals surface area contributed by atoms with Gasteiger partial charge in [-0.2, -0.15) is 5.26 Å².